The second-order valence-corrected chi connectivity index (χ2v) is 9.94. The third-order valence-electron chi connectivity index (χ3n) is 5.89. The third-order valence-corrected chi connectivity index (χ3v) is 7.23. The number of nitrogens with zero attached hydrogens (tertiary/aromatic N) is 2. The van der Waals surface area contributed by atoms with Crippen LogP contribution in [0.4, 0.5) is 0 Å². The Kier molecular flexibility index (Phi) is 2.83. The van der Waals surface area contributed by atoms with Crippen molar-refractivity contribution in [3.63, 3.8) is 0 Å². The van der Waals surface area contributed by atoms with Gasteiger partial charge in [-0.25, -0.2) is 0 Å². The standard InChI is InChI=1S/C16H23ClN2S/c1-14-3-11-4-15(2,8-14)10-16(5-11,9-14)6-12-18-19-13(7-17)20-12/h11H,3-10H2,1-2H3. The lowest BCUT2D eigenvalue weighted by molar-refractivity contribution is -0.144. The minimum Gasteiger partial charge on any atom is -0.143 e. The summed E-state index contributed by atoms with van der Waals surface area (Å²) in [5.41, 5.74) is 1.69. The molecule has 4 aliphatic rings. The molecule has 2 atom stereocenters. The highest BCUT2D eigenvalue weighted by molar-refractivity contribution is 7.11. The Morgan fingerprint density at radius 2 is 1.70 bits per heavy atom. The van der Waals surface area contributed by atoms with Crippen LogP contribution in [0, 0.1) is 22.2 Å². The molecule has 0 saturated heterocycles. The van der Waals surface area contributed by atoms with Crippen LogP contribution >= 0.6 is 22.9 Å². The Balaban J connectivity index is 1.63. The highest BCUT2D eigenvalue weighted by Crippen LogP contribution is 2.70. The van der Waals surface area contributed by atoms with Gasteiger partial charge in [0.25, 0.3) is 0 Å². The van der Waals surface area contributed by atoms with Crippen molar-refractivity contribution in [3.05, 3.63) is 10.0 Å². The normalized spacial score (nSPS) is 46.0. The molecule has 4 aliphatic carbocycles. The number of aromatic nitrogens is 2. The van der Waals surface area contributed by atoms with Gasteiger partial charge in [0.1, 0.15) is 10.0 Å². The molecule has 1 aromatic heterocycles. The lowest BCUT2D eigenvalue weighted by Crippen LogP contribution is -2.55. The molecule has 110 valence electrons. The van der Waals surface area contributed by atoms with Gasteiger partial charge in [-0.3, -0.25) is 0 Å². The Bertz CT molecular complexity index is 522. The lowest BCUT2D eigenvalue weighted by Gasteiger charge is -2.65. The summed E-state index contributed by atoms with van der Waals surface area (Å²) in [7, 11) is 0. The zero-order valence-corrected chi connectivity index (χ0v) is 14.0. The van der Waals surface area contributed by atoms with Crippen LogP contribution in [-0.4, -0.2) is 10.2 Å². The first-order valence-corrected chi connectivity index (χ1v) is 9.14. The number of halogens is 1. The first-order chi connectivity index (χ1) is 9.42. The molecule has 0 radical (unpaired) electrons. The number of hydrogen-bond donors (Lipinski definition) is 0. The summed E-state index contributed by atoms with van der Waals surface area (Å²) in [6.45, 7) is 5.07. The van der Waals surface area contributed by atoms with E-state index in [2.05, 4.69) is 24.0 Å². The largest absolute Gasteiger partial charge is 0.143 e. The molecule has 4 bridgehead atoms. The molecule has 0 aliphatic heterocycles. The molecule has 5 rings (SSSR count). The van der Waals surface area contributed by atoms with E-state index in [1.807, 2.05) is 0 Å². The van der Waals surface area contributed by atoms with Crippen LogP contribution in [0.25, 0.3) is 0 Å². The fourth-order valence-corrected chi connectivity index (χ4v) is 7.70. The topological polar surface area (TPSA) is 25.8 Å². The van der Waals surface area contributed by atoms with Crippen LogP contribution in [0.1, 0.15) is 62.4 Å². The fraction of sp³-hybridized carbons (Fsp3) is 0.875. The summed E-state index contributed by atoms with van der Waals surface area (Å²) in [4.78, 5) is 0. The molecule has 1 aromatic rings. The predicted molar refractivity (Wildman–Crippen MR) is 83.0 cm³/mol. The van der Waals surface area contributed by atoms with Crippen LogP contribution < -0.4 is 0 Å². The second-order valence-electron chi connectivity index (χ2n) is 8.53. The van der Waals surface area contributed by atoms with Gasteiger partial charge in [0.2, 0.25) is 0 Å². The molecule has 2 unspecified atom stereocenters. The Labute approximate surface area is 130 Å². The monoisotopic (exact) mass is 310 g/mol. The smallest absolute Gasteiger partial charge is 0.132 e. The first kappa shape index (κ1) is 13.5. The van der Waals surface area contributed by atoms with Crippen LogP contribution in [0.5, 0.6) is 0 Å². The van der Waals surface area contributed by atoms with Gasteiger partial charge >= 0.3 is 0 Å². The van der Waals surface area contributed by atoms with Gasteiger partial charge in [0.15, 0.2) is 0 Å². The fourth-order valence-electron chi connectivity index (χ4n) is 6.62. The second kappa shape index (κ2) is 4.19. The summed E-state index contributed by atoms with van der Waals surface area (Å²) < 4.78 is 0. The number of alkyl halides is 1. The van der Waals surface area contributed by atoms with E-state index in [1.165, 1.54) is 43.5 Å². The van der Waals surface area contributed by atoms with Gasteiger partial charge in [-0.1, -0.05) is 13.8 Å². The van der Waals surface area contributed by atoms with Crippen molar-refractivity contribution in [2.75, 3.05) is 0 Å². The summed E-state index contributed by atoms with van der Waals surface area (Å²) >= 11 is 7.59. The van der Waals surface area contributed by atoms with E-state index >= 15 is 0 Å². The van der Waals surface area contributed by atoms with E-state index < -0.39 is 0 Å². The summed E-state index contributed by atoms with van der Waals surface area (Å²) in [5.74, 6) is 1.46. The maximum atomic E-state index is 5.87. The van der Waals surface area contributed by atoms with Gasteiger partial charge in [0, 0.05) is 6.42 Å². The molecule has 4 saturated carbocycles. The molecule has 0 spiro atoms. The molecule has 1 heterocycles. The van der Waals surface area contributed by atoms with Gasteiger partial charge in [-0.2, -0.15) is 0 Å². The average molecular weight is 311 g/mol. The average Bonchev–Trinajstić information content (AvgIpc) is 2.70. The summed E-state index contributed by atoms with van der Waals surface area (Å²) in [6, 6.07) is 0. The van der Waals surface area contributed by atoms with Crippen molar-refractivity contribution < 1.29 is 0 Å². The van der Waals surface area contributed by atoms with E-state index in [-0.39, 0.29) is 0 Å². The van der Waals surface area contributed by atoms with E-state index in [1.54, 1.807) is 11.3 Å². The molecule has 0 amide bonds. The lowest BCUT2D eigenvalue weighted by atomic mass is 9.40. The number of hydrogen-bond acceptors (Lipinski definition) is 3. The van der Waals surface area contributed by atoms with Crippen molar-refractivity contribution in [2.24, 2.45) is 22.2 Å². The molecular weight excluding hydrogens is 288 g/mol. The van der Waals surface area contributed by atoms with Gasteiger partial charge in [-0.15, -0.1) is 33.1 Å². The molecule has 4 heteroatoms. The first-order valence-electron chi connectivity index (χ1n) is 7.79. The van der Waals surface area contributed by atoms with Crippen LogP contribution in [0.15, 0.2) is 0 Å². The summed E-state index contributed by atoms with van der Waals surface area (Å²) in [6.07, 6.45) is 9.75. The van der Waals surface area contributed by atoms with E-state index in [9.17, 15) is 0 Å². The molecule has 0 aromatic carbocycles. The quantitative estimate of drug-likeness (QED) is 0.748. The molecular formula is C16H23ClN2S. The Hall–Kier alpha value is -0.150. The molecule has 20 heavy (non-hydrogen) atoms. The maximum Gasteiger partial charge on any atom is 0.132 e. The summed E-state index contributed by atoms with van der Waals surface area (Å²) in [5, 5.41) is 10.8. The van der Waals surface area contributed by atoms with Crippen molar-refractivity contribution in [1.82, 2.24) is 10.2 Å². The van der Waals surface area contributed by atoms with Gasteiger partial charge in [-0.05, 0) is 60.7 Å². The van der Waals surface area contributed by atoms with Crippen molar-refractivity contribution in [1.29, 1.82) is 0 Å². The Morgan fingerprint density at radius 3 is 2.25 bits per heavy atom. The predicted octanol–water partition coefficient (Wildman–Crippen LogP) is 4.82. The maximum absolute atomic E-state index is 5.87. The van der Waals surface area contributed by atoms with Crippen LogP contribution in [0.3, 0.4) is 0 Å². The highest BCUT2D eigenvalue weighted by atomic mass is 35.5. The Morgan fingerprint density at radius 1 is 1.05 bits per heavy atom. The zero-order valence-electron chi connectivity index (χ0n) is 12.4. The van der Waals surface area contributed by atoms with E-state index in [4.69, 9.17) is 11.6 Å². The van der Waals surface area contributed by atoms with E-state index in [0.29, 0.717) is 22.1 Å². The SMILES string of the molecule is CC12CC3CC(C)(C1)CC(Cc1nnc(CCl)s1)(C3)C2. The number of rotatable bonds is 3. The molecule has 0 N–H and O–H groups in total. The van der Waals surface area contributed by atoms with Crippen molar-refractivity contribution in [3.8, 4) is 0 Å². The van der Waals surface area contributed by atoms with E-state index in [0.717, 1.165) is 17.3 Å². The van der Waals surface area contributed by atoms with Crippen LogP contribution in [0.2, 0.25) is 0 Å². The van der Waals surface area contributed by atoms with Gasteiger partial charge in [0.05, 0.1) is 5.88 Å². The minimum absolute atomic E-state index is 0.503. The van der Waals surface area contributed by atoms with Crippen molar-refractivity contribution >= 4 is 22.9 Å². The third kappa shape index (κ3) is 2.12. The van der Waals surface area contributed by atoms with Crippen molar-refractivity contribution in [2.45, 2.75) is 64.7 Å². The molecule has 4 fully saturated rings. The minimum atomic E-state index is 0.503. The van der Waals surface area contributed by atoms with Crippen LogP contribution in [-0.2, 0) is 12.3 Å². The molecule has 2 nitrogen and oxygen atoms in total. The highest BCUT2D eigenvalue weighted by Gasteiger charge is 2.59. The van der Waals surface area contributed by atoms with Gasteiger partial charge < -0.3 is 0 Å². The zero-order chi connectivity index (χ0) is 14.0.